The highest BCUT2D eigenvalue weighted by atomic mass is 19.2. The van der Waals surface area contributed by atoms with E-state index in [1.54, 1.807) is 0 Å². The maximum absolute atomic E-state index is 13.2. The van der Waals surface area contributed by atoms with Crippen LogP contribution in [0.15, 0.2) is 12.1 Å². The number of nitrogens with two attached hydrogens (primary N) is 1. The zero-order chi connectivity index (χ0) is 15.0. The van der Waals surface area contributed by atoms with E-state index in [1.165, 1.54) is 0 Å². The number of carbonyl (C=O) groups is 2. The summed E-state index contributed by atoms with van der Waals surface area (Å²) >= 11 is 0. The summed E-state index contributed by atoms with van der Waals surface area (Å²) in [5.41, 5.74) is 5.42. The Morgan fingerprint density at radius 3 is 1.90 bits per heavy atom. The number of hydrogen-bond acceptors (Lipinski definition) is 3. The number of hydrogen-bond donors (Lipinski definition) is 1. The molecule has 0 fully saturated rings. The van der Waals surface area contributed by atoms with Crippen LogP contribution >= 0.6 is 0 Å². The molecule has 1 atom stereocenters. The molecule has 0 saturated heterocycles. The van der Waals surface area contributed by atoms with Crippen LogP contribution in [0.25, 0.3) is 0 Å². The van der Waals surface area contributed by atoms with E-state index in [0.717, 1.165) is 17.0 Å². The number of halogens is 2. The molecule has 0 saturated carbocycles. The van der Waals surface area contributed by atoms with Crippen LogP contribution in [0, 0.1) is 17.6 Å². The van der Waals surface area contributed by atoms with E-state index in [2.05, 4.69) is 0 Å². The zero-order valence-corrected chi connectivity index (χ0v) is 11.3. The number of fused-ring (bicyclic) bond motifs is 1. The first kappa shape index (κ1) is 14.6. The van der Waals surface area contributed by atoms with Crippen LogP contribution in [0.1, 0.15) is 41.0 Å². The van der Waals surface area contributed by atoms with Gasteiger partial charge in [-0.15, -0.1) is 0 Å². The van der Waals surface area contributed by atoms with Crippen molar-refractivity contribution in [2.75, 3.05) is 6.54 Å². The Balaban J connectivity index is 2.41. The smallest absolute Gasteiger partial charge is 0.261 e. The number of amides is 2. The minimum Gasteiger partial charge on any atom is -0.328 e. The molecular weight excluding hydrogens is 266 g/mol. The monoisotopic (exact) mass is 282 g/mol. The average Bonchev–Trinajstić information content (AvgIpc) is 2.60. The van der Waals surface area contributed by atoms with Crippen molar-refractivity contribution in [3.8, 4) is 0 Å². The largest absolute Gasteiger partial charge is 0.328 e. The van der Waals surface area contributed by atoms with Crippen LogP contribution in [-0.2, 0) is 0 Å². The molecule has 4 nitrogen and oxygen atoms in total. The van der Waals surface area contributed by atoms with Crippen LogP contribution in [0.3, 0.4) is 0 Å². The average molecular weight is 282 g/mol. The summed E-state index contributed by atoms with van der Waals surface area (Å²) in [5.74, 6) is -3.26. The molecule has 20 heavy (non-hydrogen) atoms. The lowest BCUT2D eigenvalue weighted by molar-refractivity contribution is 0.0572. The van der Waals surface area contributed by atoms with Gasteiger partial charge in [-0.25, -0.2) is 8.78 Å². The van der Waals surface area contributed by atoms with Crippen molar-refractivity contribution >= 4 is 11.8 Å². The Labute approximate surface area is 115 Å². The van der Waals surface area contributed by atoms with E-state index in [-0.39, 0.29) is 23.6 Å². The maximum atomic E-state index is 13.2. The molecule has 0 spiro atoms. The molecule has 0 aromatic heterocycles. The van der Waals surface area contributed by atoms with Gasteiger partial charge in [-0.1, -0.05) is 13.8 Å². The van der Waals surface area contributed by atoms with Gasteiger partial charge in [0.05, 0.1) is 17.2 Å². The third-order valence-corrected chi connectivity index (χ3v) is 3.34. The van der Waals surface area contributed by atoms with Crippen molar-refractivity contribution in [3.63, 3.8) is 0 Å². The molecule has 2 amide bonds. The van der Waals surface area contributed by atoms with Gasteiger partial charge in [-0.05, 0) is 24.5 Å². The Hall–Kier alpha value is -1.82. The lowest BCUT2D eigenvalue weighted by Crippen LogP contribution is -2.44. The fraction of sp³-hybridized carbons (Fsp3) is 0.429. The summed E-state index contributed by atoms with van der Waals surface area (Å²) in [6.45, 7) is 4.01. The minimum atomic E-state index is -1.14. The predicted octanol–water partition coefficient (Wildman–Crippen LogP) is 1.93. The van der Waals surface area contributed by atoms with Crippen molar-refractivity contribution in [1.82, 2.24) is 4.90 Å². The molecule has 1 aromatic rings. The number of carbonyl (C=O) groups excluding carboxylic acids is 2. The van der Waals surface area contributed by atoms with Crippen LogP contribution in [0.2, 0.25) is 0 Å². The molecular formula is C14H16F2N2O2. The number of rotatable bonds is 4. The molecule has 0 bridgehead atoms. The van der Waals surface area contributed by atoms with Gasteiger partial charge >= 0.3 is 0 Å². The van der Waals surface area contributed by atoms with Crippen molar-refractivity contribution in [1.29, 1.82) is 0 Å². The van der Waals surface area contributed by atoms with Gasteiger partial charge in [-0.2, -0.15) is 0 Å². The van der Waals surface area contributed by atoms with Crippen LogP contribution in [-0.4, -0.2) is 29.3 Å². The number of nitrogens with zero attached hydrogens (tertiary/aromatic N) is 1. The zero-order valence-electron chi connectivity index (χ0n) is 11.3. The van der Waals surface area contributed by atoms with Gasteiger partial charge in [0.2, 0.25) is 0 Å². The van der Waals surface area contributed by atoms with Crippen molar-refractivity contribution in [3.05, 3.63) is 34.9 Å². The molecule has 1 aliphatic heterocycles. The summed E-state index contributed by atoms with van der Waals surface area (Å²) in [6.07, 6.45) is 0.549. The molecule has 2 rings (SSSR count). The second kappa shape index (κ2) is 5.28. The molecule has 1 aromatic carbocycles. The highest BCUT2D eigenvalue weighted by molar-refractivity contribution is 6.21. The van der Waals surface area contributed by atoms with E-state index >= 15 is 0 Å². The molecule has 2 N–H and O–H groups in total. The SMILES string of the molecule is CC(C)CC(CN)N1C(=O)c2cc(F)c(F)cc2C1=O. The second-order valence-electron chi connectivity index (χ2n) is 5.31. The lowest BCUT2D eigenvalue weighted by atomic mass is 10.0. The van der Waals surface area contributed by atoms with Gasteiger partial charge in [0.15, 0.2) is 11.6 Å². The Morgan fingerprint density at radius 1 is 1.10 bits per heavy atom. The minimum absolute atomic E-state index is 0.101. The summed E-state index contributed by atoms with van der Waals surface area (Å²) < 4.78 is 26.4. The second-order valence-corrected chi connectivity index (χ2v) is 5.31. The highest BCUT2D eigenvalue weighted by Gasteiger charge is 2.40. The first-order chi connectivity index (χ1) is 9.36. The van der Waals surface area contributed by atoms with E-state index < -0.39 is 29.5 Å². The maximum Gasteiger partial charge on any atom is 0.261 e. The fourth-order valence-corrected chi connectivity index (χ4v) is 2.44. The van der Waals surface area contributed by atoms with Crippen molar-refractivity contribution < 1.29 is 18.4 Å². The van der Waals surface area contributed by atoms with E-state index in [1.807, 2.05) is 13.8 Å². The van der Waals surface area contributed by atoms with E-state index in [9.17, 15) is 18.4 Å². The summed E-state index contributed by atoms with van der Waals surface area (Å²) in [4.78, 5) is 25.4. The molecule has 1 aliphatic rings. The third kappa shape index (κ3) is 2.31. The fourth-order valence-electron chi connectivity index (χ4n) is 2.44. The predicted molar refractivity (Wildman–Crippen MR) is 69.2 cm³/mol. The van der Waals surface area contributed by atoms with Crippen LogP contribution in [0.5, 0.6) is 0 Å². The molecule has 0 radical (unpaired) electrons. The standard InChI is InChI=1S/C14H16F2N2O2/c1-7(2)3-8(6-17)18-13(19)9-4-11(15)12(16)5-10(9)14(18)20/h4-5,7-8H,3,6,17H2,1-2H3. The molecule has 108 valence electrons. The van der Waals surface area contributed by atoms with Crippen LogP contribution < -0.4 is 5.73 Å². The van der Waals surface area contributed by atoms with E-state index in [0.29, 0.717) is 6.42 Å². The topological polar surface area (TPSA) is 63.4 Å². The number of benzene rings is 1. The van der Waals surface area contributed by atoms with E-state index in [4.69, 9.17) is 5.73 Å². The lowest BCUT2D eigenvalue weighted by Gasteiger charge is -2.26. The first-order valence-corrected chi connectivity index (χ1v) is 6.43. The summed E-state index contributed by atoms with van der Waals surface area (Å²) in [6, 6.07) is 1.08. The van der Waals surface area contributed by atoms with Crippen molar-refractivity contribution in [2.24, 2.45) is 11.7 Å². The molecule has 6 heteroatoms. The summed E-state index contributed by atoms with van der Waals surface area (Å²) in [7, 11) is 0. The van der Waals surface area contributed by atoms with Crippen molar-refractivity contribution in [2.45, 2.75) is 26.3 Å². The van der Waals surface area contributed by atoms with Crippen LogP contribution in [0.4, 0.5) is 8.78 Å². The normalized spacial score (nSPS) is 16.0. The van der Waals surface area contributed by atoms with Gasteiger partial charge < -0.3 is 5.73 Å². The quantitative estimate of drug-likeness (QED) is 0.858. The molecule has 0 aliphatic carbocycles. The Bertz CT molecular complexity index is 532. The third-order valence-electron chi connectivity index (χ3n) is 3.34. The molecule has 1 unspecified atom stereocenters. The first-order valence-electron chi connectivity index (χ1n) is 6.43. The molecule has 1 heterocycles. The highest BCUT2D eigenvalue weighted by Crippen LogP contribution is 2.28. The summed E-state index contributed by atoms with van der Waals surface area (Å²) in [5, 5.41) is 0. The Morgan fingerprint density at radius 2 is 1.55 bits per heavy atom. The number of imide groups is 1. The van der Waals surface area contributed by atoms with Gasteiger partial charge in [0, 0.05) is 6.54 Å². The Kier molecular flexibility index (Phi) is 3.85. The van der Waals surface area contributed by atoms with Gasteiger partial charge in [0.1, 0.15) is 0 Å². The van der Waals surface area contributed by atoms with Gasteiger partial charge in [0.25, 0.3) is 11.8 Å². The van der Waals surface area contributed by atoms with Gasteiger partial charge in [-0.3, -0.25) is 14.5 Å².